The third-order valence-electron chi connectivity index (χ3n) is 5.54. The van der Waals surface area contributed by atoms with Crippen molar-refractivity contribution in [3.8, 4) is 0 Å². The number of rotatable bonds is 4. The maximum atomic E-state index is 12.9. The van der Waals surface area contributed by atoms with E-state index in [1.165, 1.54) is 0 Å². The van der Waals surface area contributed by atoms with Crippen LogP contribution in [-0.2, 0) is 15.4 Å². The lowest BCUT2D eigenvalue weighted by atomic mass is 9.74. The quantitative estimate of drug-likeness (QED) is 0.522. The minimum absolute atomic E-state index is 0.0686. The van der Waals surface area contributed by atoms with E-state index >= 15 is 0 Å². The fourth-order valence-corrected chi connectivity index (χ4v) is 5.14. The van der Waals surface area contributed by atoms with Crippen molar-refractivity contribution in [2.45, 2.75) is 36.6 Å². The molecule has 6 heteroatoms. The van der Waals surface area contributed by atoms with Gasteiger partial charge in [-0.2, -0.15) is 0 Å². The Morgan fingerprint density at radius 3 is 2.47 bits per heavy atom. The minimum Gasteiger partial charge on any atom is -0.378 e. The van der Waals surface area contributed by atoms with E-state index in [1.54, 1.807) is 42.5 Å². The molecule has 0 saturated carbocycles. The topological polar surface area (TPSA) is 62.6 Å². The van der Waals surface area contributed by atoms with E-state index < -0.39 is 10.0 Å². The Bertz CT molecular complexity index is 1230. The van der Waals surface area contributed by atoms with Gasteiger partial charge < -0.3 is 5.32 Å². The lowest BCUT2D eigenvalue weighted by Gasteiger charge is -2.39. The Labute approximate surface area is 177 Å². The summed E-state index contributed by atoms with van der Waals surface area (Å²) >= 11 is 0. The zero-order valence-electron chi connectivity index (χ0n) is 16.9. The van der Waals surface area contributed by atoms with Gasteiger partial charge in [-0.25, -0.2) is 13.3 Å². The van der Waals surface area contributed by atoms with Crippen LogP contribution >= 0.6 is 0 Å². The van der Waals surface area contributed by atoms with E-state index in [2.05, 4.69) is 28.7 Å². The van der Waals surface area contributed by atoms with Gasteiger partial charge in [-0.1, -0.05) is 62.4 Å². The molecular weight excluding hydrogens is 394 g/mol. The van der Waals surface area contributed by atoms with E-state index in [0.29, 0.717) is 11.4 Å². The molecule has 1 heterocycles. The zero-order chi connectivity index (χ0) is 21.4. The summed E-state index contributed by atoms with van der Waals surface area (Å²) in [7, 11) is -3.68. The molecule has 1 aliphatic rings. The largest absolute Gasteiger partial charge is 0.378 e. The van der Waals surface area contributed by atoms with Crippen LogP contribution in [0.1, 0.15) is 37.4 Å². The van der Waals surface area contributed by atoms with E-state index in [0.717, 1.165) is 23.2 Å². The maximum Gasteiger partial charge on any atom is 0.261 e. The first-order valence-electron chi connectivity index (χ1n) is 9.75. The summed E-state index contributed by atoms with van der Waals surface area (Å²) in [4.78, 5) is 3.78. The lowest BCUT2D eigenvalue weighted by Crippen LogP contribution is -2.31. The highest BCUT2D eigenvalue weighted by atomic mass is 32.2. The van der Waals surface area contributed by atoms with Crippen LogP contribution in [0.3, 0.4) is 0 Å². The van der Waals surface area contributed by atoms with Crippen LogP contribution in [0.4, 0.5) is 17.1 Å². The summed E-state index contributed by atoms with van der Waals surface area (Å²) in [6.45, 7) is 11.6. The van der Waals surface area contributed by atoms with Gasteiger partial charge in [0, 0.05) is 5.69 Å². The summed E-state index contributed by atoms with van der Waals surface area (Å²) in [5.41, 5.74) is 4.00. The van der Waals surface area contributed by atoms with Crippen molar-refractivity contribution >= 4 is 27.1 Å². The number of hydrogen-bond acceptors (Lipinski definition) is 3. The maximum absolute atomic E-state index is 12.9. The molecule has 0 aliphatic carbocycles. The highest BCUT2D eigenvalue weighted by molar-refractivity contribution is 7.92. The van der Waals surface area contributed by atoms with Gasteiger partial charge in [0.2, 0.25) is 0 Å². The molecule has 5 nitrogen and oxygen atoms in total. The fraction of sp³-hybridized carbons (Fsp3) is 0.208. The first kappa shape index (κ1) is 20.0. The molecule has 0 amide bonds. The Hall–Kier alpha value is -3.30. The van der Waals surface area contributed by atoms with Crippen LogP contribution in [-0.4, -0.2) is 8.42 Å². The molecule has 3 aromatic rings. The average molecular weight is 418 g/mol. The monoisotopic (exact) mass is 417 g/mol. The molecule has 3 aromatic carbocycles. The number of sulfonamides is 1. The molecule has 1 aliphatic heterocycles. The molecule has 152 valence electrons. The molecule has 30 heavy (non-hydrogen) atoms. The van der Waals surface area contributed by atoms with Crippen LogP contribution in [0.2, 0.25) is 0 Å². The molecule has 0 bridgehead atoms. The molecule has 0 radical (unpaired) electrons. The smallest absolute Gasteiger partial charge is 0.261 e. The third-order valence-corrected chi connectivity index (χ3v) is 6.92. The second-order valence-corrected chi connectivity index (χ2v) is 9.81. The van der Waals surface area contributed by atoms with Gasteiger partial charge in [0.25, 0.3) is 10.0 Å². The van der Waals surface area contributed by atoms with Crippen LogP contribution in [0.25, 0.3) is 4.85 Å². The summed E-state index contributed by atoms with van der Waals surface area (Å²) in [6.07, 6.45) is 0.769. The SMILES string of the molecule is [C-]#[N+]c1ccc2c(c1)C(C)(C)CC(c1ccccc1NS(=O)(=O)c1ccccc1)N2. The number of nitrogens with one attached hydrogen (secondary N) is 2. The number of hydrogen-bond donors (Lipinski definition) is 2. The van der Waals surface area contributed by atoms with Gasteiger partial charge >= 0.3 is 0 Å². The van der Waals surface area contributed by atoms with Crippen molar-refractivity contribution in [2.75, 3.05) is 10.0 Å². The highest BCUT2D eigenvalue weighted by Gasteiger charge is 2.34. The molecule has 2 N–H and O–H groups in total. The Kier molecular flexibility index (Phi) is 5.00. The predicted octanol–water partition coefficient (Wildman–Crippen LogP) is 5.87. The summed E-state index contributed by atoms with van der Waals surface area (Å²) in [5, 5.41) is 3.55. The molecule has 0 spiro atoms. The molecule has 1 atom stereocenters. The summed E-state index contributed by atoms with van der Waals surface area (Å²) in [5.74, 6) is 0. The molecular formula is C24H23N3O2S. The van der Waals surface area contributed by atoms with Crippen molar-refractivity contribution in [3.05, 3.63) is 95.3 Å². The number of anilines is 2. The normalized spacial score (nSPS) is 17.3. The first-order valence-corrected chi connectivity index (χ1v) is 11.2. The van der Waals surface area contributed by atoms with Crippen molar-refractivity contribution < 1.29 is 8.42 Å². The Balaban J connectivity index is 1.70. The van der Waals surface area contributed by atoms with Crippen LogP contribution in [0.15, 0.2) is 77.7 Å². The molecule has 4 rings (SSSR count). The van der Waals surface area contributed by atoms with Gasteiger partial charge in [-0.05, 0) is 47.2 Å². The fourth-order valence-electron chi connectivity index (χ4n) is 4.03. The van der Waals surface area contributed by atoms with Crippen molar-refractivity contribution in [3.63, 3.8) is 0 Å². The van der Waals surface area contributed by atoms with E-state index in [4.69, 9.17) is 6.57 Å². The van der Waals surface area contributed by atoms with E-state index in [-0.39, 0.29) is 16.4 Å². The van der Waals surface area contributed by atoms with Gasteiger partial charge in [0.05, 0.1) is 23.2 Å². The zero-order valence-corrected chi connectivity index (χ0v) is 17.7. The average Bonchev–Trinajstić information content (AvgIpc) is 2.74. The van der Waals surface area contributed by atoms with Gasteiger partial charge in [-0.3, -0.25) is 4.72 Å². The second-order valence-electron chi connectivity index (χ2n) is 8.13. The number of fused-ring (bicyclic) bond motifs is 1. The van der Waals surface area contributed by atoms with Crippen molar-refractivity contribution in [1.82, 2.24) is 0 Å². The predicted molar refractivity (Wildman–Crippen MR) is 120 cm³/mol. The first-order chi connectivity index (χ1) is 14.3. The highest BCUT2D eigenvalue weighted by Crippen LogP contribution is 2.46. The van der Waals surface area contributed by atoms with Gasteiger partial charge in [-0.15, -0.1) is 0 Å². The molecule has 1 unspecified atom stereocenters. The molecule has 0 saturated heterocycles. The van der Waals surface area contributed by atoms with Crippen molar-refractivity contribution in [1.29, 1.82) is 0 Å². The van der Waals surface area contributed by atoms with Crippen LogP contribution in [0.5, 0.6) is 0 Å². The number of para-hydroxylation sites is 1. The van der Waals surface area contributed by atoms with Crippen LogP contribution < -0.4 is 10.0 Å². The Morgan fingerprint density at radius 1 is 1.03 bits per heavy atom. The molecule has 0 fully saturated rings. The second kappa shape index (κ2) is 7.51. The van der Waals surface area contributed by atoms with Gasteiger partial charge in [0.1, 0.15) is 0 Å². The summed E-state index contributed by atoms with van der Waals surface area (Å²) < 4.78 is 28.5. The van der Waals surface area contributed by atoms with Gasteiger partial charge in [0.15, 0.2) is 5.69 Å². The van der Waals surface area contributed by atoms with Crippen molar-refractivity contribution in [2.24, 2.45) is 0 Å². The number of benzene rings is 3. The number of nitrogens with zero attached hydrogens (tertiary/aromatic N) is 1. The molecule has 0 aromatic heterocycles. The van der Waals surface area contributed by atoms with Crippen LogP contribution in [0, 0.1) is 6.57 Å². The Morgan fingerprint density at radius 2 is 1.73 bits per heavy atom. The van der Waals surface area contributed by atoms with E-state index in [1.807, 2.05) is 30.3 Å². The minimum atomic E-state index is -3.68. The van der Waals surface area contributed by atoms with E-state index in [9.17, 15) is 8.42 Å². The summed E-state index contributed by atoms with van der Waals surface area (Å²) in [6, 6.07) is 21.5. The lowest BCUT2D eigenvalue weighted by molar-refractivity contribution is 0.428. The third kappa shape index (κ3) is 3.77. The standard InChI is InChI=1S/C24H23N3O2S/c1-24(2)16-23(26-22-14-13-17(25-3)15-20(22)24)19-11-7-8-12-21(19)27-30(28,29)18-9-5-4-6-10-18/h4-15,23,26-27H,16H2,1-2H3.